The summed E-state index contributed by atoms with van der Waals surface area (Å²) in [5.74, 6) is 1.95. The molecule has 0 aromatic heterocycles. The van der Waals surface area contributed by atoms with Crippen molar-refractivity contribution in [3.05, 3.63) is 0 Å². The Hall–Kier alpha value is -0.0400. The van der Waals surface area contributed by atoms with Gasteiger partial charge in [0.2, 0.25) is 0 Å². The lowest BCUT2D eigenvalue weighted by Gasteiger charge is -2.20. The first-order chi connectivity index (χ1) is 6.05. The Labute approximate surface area is 82.5 Å². The fourth-order valence-electron chi connectivity index (χ4n) is 3.16. The van der Waals surface area contributed by atoms with Crippen LogP contribution in [-0.2, 0) is 0 Å². The number of hydrogen-bond acceptors (Lipinski definition) is 1. The van der Waals surface area contributed by atoms with Crippen molar-refractivity contribution in [1.29, 1.82) is 0 Å². The molecule has 76 valence electrons. The molecule has 0 aromatic carbocycles. The molecule has 2 atom stereocenters. The molecule has 1 heteroatoms. The Balaban J connectivity index is 1.93. The van der Waals surface area contributed by atoms with Gasteiger partial charge in [0.25, 0.3) is 0 Å². The van der Waals surface area contributed by atoms with Gasteiger partial charge in [-0.05, 0) is 50.5 Å². The van der Waals surface area contributed by atoms with E-state index in [4.69, 9.17) is 0 Å². The van der Waals surface area contributed by atoms with Crippen molar-refractivity contribution in [2.75, 3.05) is 13.1 Å². The Bertz CT molecular complexity index is 189. The van der Waals surface area contributed by atoms with Gasteiger partial charge < -0.3 is 4.90 Å². The van der Waals surface area contributed by atoms with Crippen molar-refractivity contribution in [1.82, 2.24) is 4.90 Å². The number of hydrogen-bond donors (Lipinski definition) is 0. The molecule has 0 bridgehead atoms. The van der Waals surface area contributed by atoms with Crippen LogP contribution in [0.5, 0.6) is 0 Å². The minimum Gasteiger partial charge on any atom is -0.300 e. The maximum atomic E-state index is 2.66. The number of likely N-dealkylation sites (tertiary alicyclic amines) is 1. The van der Waals surface area contributed by atoms with E-state index in [2.05, 4.69) is 32.6 Å². The predicted octanol–water partition coefficient (Wildman–Crippen LogP) is 2.76. The summed E-state index contributed by atoms with van der Waals surface area (Å²) in [6.07, 6.45) is 2.97. The zero-order chi connectivity index (χ0) is 9.64. The summed E-state index contributed by atoms with van der Waals surface area (Å²) in [6.45, 7) is 12.2. The Kier molecular flexibility index (Phi) is 2.18. The summed E-state index contributed by atoms with van der Waals surface area (Å²) in [4.78, 5) is 2.66. The highest BCUT2D eigenvalue weighted by atomic mass is 15.2. The van der Waals surface area contributed by atoms with Crippen LogP contribution in [-0.4, -0.2) is 24.0 Å². The second-order valence-corrected chi connectivity index (χ2v) is 5.73. The lowest BCUT2D eigenvalue weighted by molar-refractivity contribution is 0.254. The van der Waals surface area contributed by atoms with Gasteiger partial charge in [-0.1, -0.05) is 13.8 Å². The Morgan fingerprint density at radius 3 is 2.31 bits per heavy atom. The van der Waals surface area contributed by atoms with Gasteiger partial charge in [-0.3, -0.25) is 0 Å². The molecule has 2 fully saturated rings. The van der Waals surface area contributed by atoms with Crippen molar-refractivity contribution in [3.63, 3.8) is 0 Å². The lowest BCUT2D eigenvalue weighted by atomic mass is 9.96. The zero-order valence-electron chi connectivity index (χ0n) is 9.51. The van der Waals surface area contributed by atoms with Crippen molar-refractivity contribution in [2.45, 2.75) is 46.6 Å². The fourth-order valence-corrected chi connectivity index (χ4v) is 3.16. The van der Waals surface area contributed by atoms with Crippen molar-refractivity contribution in [3.8, 4) is 0 Å². The smallest absolute Gasteiger partial charge is 0.00440 e. The SMILES string of the molecule is CC(C)C1CC12CCN(C(C)C)C2. The molecule has 2 unspecified atom stereocenters. The van der Waals surface area contributed by atoms with Crippen LogP contribution in [0.3, 0.4) is 0 Å². The van der Waals surface area contributed by atoms with Crippen LogP contribution in [0.15, 0.2) is 0 Å². The normalized spacial score (nSPS) is 39.7. The first kappa shape index (κ1) is 9.51. The van der Waals surface area contributed by atoms with Crippen LogP contribution in [0, 0.1) is 17.3 Å². The summed E-state index contributed by atoms with van der Waals surface area (Å²) in [7, 11) is 0. The second-order valence-electron chi connectivity index (χ2n) is 5.73. The highest BCUT2D eigenvalue weighted by molar-refractivity contribution is 5.08. The maximum Gasteiger partial charge on any atom is 0.00440 e. The fraction of sp³-hybridized carbons (Fsp3) is 1.00. The summed E-state index contributed by atoms with van der Waals surface area (Å²) in [5, 5.41) is 0. The van der Waals surface area contributed by atoms with E-state index >= 15 is 0 Å². The van der Waals surface area contributed by atoms with E-state index in [9.17, 15) is 0 Å². The molecule has 2 aliphatic rings. The van der Waals surface area contributed by atoms with Gasteiger partial charge in [0, 0.05) is 12.6 Å². The van der Waals surface area contributed by atoms with E-state index in [1.54, 1.807) is 0 Å². The van der Waals surface area contributed by atoms with Crippen LogP contribution >= 0.6 is 0 Å². The molecule has 1 aliphatic heterocycles. The number of rotatable bonds is 2. The van der Waals surface area contributed by atoms with Crippen LogP contribution in [0.2, 0.25) is 0 Å². The van der Waals surface area contributed by atoms with Crippen molar-refractivity contribution >= 4 is 0 Å². The third kappa shape index (κ3) is 1.52. The van der Waals surface area contributed by atoms with Gasteiger partial charge in [-0.15, -0.1) is 0 Å². The highest BCUT2D eigenvalue weighted by Gasteiger charge is 2.57. The predicted molar refractivity (Wildman–Crippen MR) is 56.7 cm³/mol. The molecule has 1 saturated carbocycles. The van der Waals surface area contributed by atoms with E-state index < -0.39 is 0 Å². The quantitative estimate of drug-likeness (QED) is 0.633. The van der Waals surface area contributed by atoms with Gasteiger partial charge >= 0.3 is 0 Å². The molecular weight excluding hydrogens is 158 g/mol. The van der Waals surface area contributed by atoms with Crippen LogP contribution in [0.4, 0.5) is 0 Å². The first-order valence-corrected chi connectivity index (χ1v) is 5.79. The van der Waals surface area contributed by atoms with Gasteiger partial charge in [0.1, 0.15) is 0 Å². The topological polar surface area (TPSA) is 3.24 Å². The molecule has 1 heterocycles. The third-order valence-corrected chi connectivity index (χ3v) is 4.20. The Morgan fingerprint density at radius 2 is 1.92 bits per heavy atom. The molecule has 13 heavy (non-hydrogen) atoms. The highest BCUT2D eigenvalue weighted by Crippen LogP contribution is 2.61. The van der Waals surface area contributed by atoms with Crippen LogP contribution in [0.1, 0.15) is 40.5 Å². The summed E-state index contributed by atoms with van der Waals surface area (Å²) in [5.41, 5.74) is 0.762. The van der Waals surface area contributed by atoms with Crippen molar-refractivity contribution < 1.29 is 0 Å². The molecule has 2 rings (SSSR count). The van der Waals surface area contributed by atoms with Crippen LogP contribution < -0.4 is 0 Å². The van der Waals surface area contributed by atoms with E-state index in [-0.39, 0.29) is 0 Å². The first-order valence-electron chi connectivity index (χ1n) is 5.79. The molecule has 0 radical (unpaired) electrons. The molecule has 0 amide bonds. The number of nitrogens with zero attached hydrogens (tertiary/aromatic N) is 1. The maximum absolute atomic E-state index is 2.66. The summed E-state index contributed by atoms with van der Waals surface area (Å²) >= 11 is 0. The lowest BCUT2D eigenvalue weighted by Crippen LogP contribution is -2.28. The van der Waals surface area contributed by atoms with E-state index in [0.29, 0.717) is 0 Å². The van der Waals surface area contributed by atoms with E-state index in [0.717, 1.165) is 23.3 Å². The minimum absolute atomic E-state index is 0.757. The molecule has 0 aromatic rings. The van der Waals surface area contributed by atoms with Gasteiger partial charge in [0.15, 0.2) is 0 Å². The van der Waals surface area contributed by atoms with Gasteiger partial charge in [-0.25, -0.2) is 0 Å². The minimum atomic E-state index is 0.757. The zero-order valence-corrected chi connectivity index (χ0v) is 9.51. The monoisotopic (exact) mass is 181 g/mol. The summed E-state index contributed by atoms with van der Waals surface area (Å²) in [6, 6.07) is 0.757. The third-order valence-electron chi connectivity index (χ3n) is 4.20. The average molecular weight is 181 g/mol. The van der Waals surface area contributed by atoms with Crippen molar-refractivity contribution in [2.24, 2.45) is 17.3 Å². The molecule has 1 nitrogen and oxygen atoms in total. The van der Waals surface area contributed by atoms with Crippen LogP contribution in [0.25, 0.3) is 0 Å². The van der Waals surface area contributed by atoms with E-state index in [1.807, 2.05) is 0 Å². The largest absolute Gasteiger partial charge is 0.300 e. The molecular formula is C12H23N. The van der Waals surface area contributed by atoms with E-state index in [1.165, 1.54) is 25.9 Å². The standard InChI is InChI=1S/C12H23N/c1-9(2)11-7-12(11)5-6-13(8-12)10(3)4/h9-11H,5-8H2,1-4H3. The molecule has 1 aliphatic carbocycles. The average Bonchev–Trinajstić information content (AvgIpc) is 2.52. The Morgan fingerprint density at radius 1 is 1.23 bits per heavy atom. The molecule has 1 spiro atoms. The molecule has 1 saturated heterocycles. The molecule has 0 N–H and O–H groups in total. The summed E-state index contributed by atoms with van der Waals surface area (Å²) < 4.78 is 0. The van der Waals surface area contributed by atoms with Gasteiger partial charge in [0.05, 0.1) is 0 Å². The second kappa shape index (κ2) is 2.98. The van der Waals surface area contributed by atoms with Gasteiger partial charge in [-0.2, -0.15) is 0 Å².